The summed E-state index contributed by atoms with van der Waals surface area (Å²) in [6, 6.07) is 1.79. The van der Waals surface area contributed by atoms with Gasteiger partial charge < -0.3 is 10.6 Å². The second-order valence-corrected chi connectivity index (χ2v) is 8.80. The van der Waals surface area contributed by atoms with Crippen LogP contribution in [0.25, 0.3) is 0 Å². The van der Waals surface area contributed by atoms with Crippen molar-refractivity contribution < 1.29 is 13.2 Å². The molecule has 0 unspecified atom stereocenters. The quantitative estimate of drug-likeness (QED) is 0.802. The Bertz CT molecular complexity index is 654. The molecule has 2 rings (SSSR count). The number of hydrogen-bond acceptors (Lipinski definition) is 4. The van der Waals surface area contributed by atoms with Gasteiger partial charge in [-0.15, -0.1) is 0 Å². The molecule has 130 valence electrons. The van der Waals surface area contributed by atoms with Crippen molar-refractivity contribution >= 4 is 15.9 Å². The molecule has 1 aromatic heterocycles. The van der Waals surface area contributed by atoms with Crippen LogP contribution in [0.1, 0.15) is 24.7 Å². The summed E-state index contributed by atoms with van der Waals surface area (Å²) >= 11 is 0. The van der Waals surface area contributed by atoms with E-state index in [-0.39, 0.29) is 29.4 Å². The van der Waals surface area contributed by atoms with Gasteiger partial charge in [0.05, 0.1) is 17.2 Å². The molecular formula is C15H26N4O3S. The van der Waals surface area contributed by atoms with Crippen LogP contribution in [0.2, 0.25) is 0 Å². The van der Waals surface area contributed by atoms with E-state index in [0.717, 1.165) is 17.9 Å². The van der Waals surface area contributed by atoms with Crippen molar-refractivity contribution in [2.24, 2.45) is 11.8 Å². The number of rotatable bonds is 6. The number of carbonyl (C=O) groups is 1. The number of nitrogens with one attached hydrogen (secondary N) is 2. The van der Waals surface area contributed by atoms with Crippen LogP contribution < -0.4 is 10.6 Å². The lowest BCUT2D eigenvalue weighted by Crippen LogP contribution is -2.40. The molecule has 2 heterocycles. The molecule has 0 aromatic carbocycles. The van der Waals surface area contributed by atoms with Gasteiger partial charge in [-0.25, -0.2) is 13.2 Å². The number of hydrogen-bond donors (Lipinski definition) is 2. The molecule has 2 atom stereocenters. The highest BCUT2D eigenvalue weighted by Gasteiger charge is 2.27. The van der Waals surface area contributed by atoms with Crippen molar-refractivity contribution in [3.63, 3.8) is 0 Å². The van der Waals surface area contributed by atoms with Crippen LogP contribution in [0.15, 0.2) is 6.07 Å². The van der Waals surface area contributed by atoms with E-state index in [9.17, 15) is 13.2 Å². The maximum Gasteiger partial charge on any atom is 0.314 e. The highest BCUT2D eigenvalue weighted by Crippen LogP contribution is 2.17. The number of nitrogens with zero attached hydrogens (tertiary/aromatic N) is 2. The molecule has 0 aliphatic carbocycles. The lowest BCUT2D eigenvalue weighted by molar-refractivity contribution is 0.237. The first kappa shape index (κ1) is 17.8. The maximum atomic E-state index is 11.8. The smallest absolute Gasteiger partial charge is 0.314 e. The molecule has 1 aliphatic heterocycles. The third kappa shape index (κ3) is 5.53. The van der Waals surface area contributed by atoms with Gasteiger partial charge in [-0.1, -0.05) is 6.92 Å². The largest absolute Gasteiger partial charge is 0.338 e. The summed E-state index contributed by atoms with van der Waals surface area (Å²) in [4.78, 5) is 11.8. The summed E-state index contributed by atoms with van der Waals surface area (Å²) in [6.07, 6.45) is 0.636. The van der Waals surface area contributed by atoms with Gasteiger partial charge in [0, 0.05) is 25.3 Å². The van der Waals surface area contributed by atoms with Crippen LogP contribution >= 0.6 is 0 Å². The number of carbonyl (C=O) groups excluding carboxylic acids is 1. The fraction of sp³-hybridized carbons (Fsp3) is 0.733. The number of amides is 2. The molecule has 0 saturated carbocycles. The predicted molar refractivity (Wildman–Crippen MR) is 89.0 cm³/mol. The Kier molecular flexibility index (Phi) is 5.67. The van der Waals surface area contributed by atoms with E-state index in [0.29, 0.717) is 19.5 Å². The average molecular weight is 342 g/mol. The molecule has 0 bridgehead atoms. The predicted octanol–water partition coefficient (Wildman–Crippen LogP) is 0.870. The summed E-state index contributed by atoms with van der Waals surface area (Å²) < 4.78 is 24.7. The summed E-state index contributed by atoms with van der Waals surface area (Å²) in [6.45, 7) is 7.75. The van der Waals surface area contributed by atoms with Crippen LogP contribution in [0.5, 0.6) is 0 Å². The van der Waals surface area contributed by atoms with E-state index in [1.54, 1.807) is 0 Å². The molecule has 1 aliphatic rings. The van der Waals surface area contributed by atoms with Crippen LogP contribution in [0.3, 0.4) is 0 Å². The fourth-order valence-corrected chi connectivity index (χ4v) is 4.68. The van der Waals surface area contributed by atoms with E-state index in [1.165, 1.54) is 0 Å². The highest BCUT2D eigenvalue weighted by atomic mass is 32.2. The van der Waals surface area contributed by atoms with E-state index in [2.05, 4.69) is 22.7 Å². The highest BCUT2D eigenvalue weighted by molar-refractivity contribution is 7.91. The number of sulfone groups is 1. The van der Waals surface area contributed by atoms with E-state index in [4.69, 9.17) is 0 Å². The lowest BCUT2D eigenvalue weighted by Gasteiger charge is -2.15. The van der Waals surface area contributed by atoms with E-state index >= 15 is 0 Å². The van der Waals surface area contributed by atoms with Gasteiger partial charge in [-0.05, 0) is 38.2 Å². The average Bonchev–Trinajstić information content (AvgIpc) is 2.96. The van der Waals surface area contributed by atoms with Gasteiger partial charge in [-0.3, -0.25) is 4.68 Å². The van der Waals surface area contributed by atoms with Crippen molar-refractivity contribution in [3.8, 4) is 0 Å². The normalized spacial score (nSPS) is 21.1. The van der Waals surface area contributed by atoms with Crippen molar-refractivity contribution in [1.82, 2.24) is 20.4 Å². The Balaban J connectivity index is 1.67. The van der Waals surface area contributed by atoms with Crippen LogP contribution in [0, 0.1) is 25.7 Å². The van der Waals surface area contributed by atoms with Crippen molar-refractivity contribution in [3.05, 3.63) is 17.5 Å². The van der Waals surface area contributed by atoms with Crippen LogP contribution in [-0.4, -0.2) is 48.8 Å². The zero-order chi connectivity index (χ0) is 17.0. The van der Waals surface area contributed by atoms with Crippen molar-refractivity contribution in [2.75, 3.05) is 24.6 Å². The molecule has 2 amide bonds. The molecular weight excluding hydrogens is 316 g/mol. The van der Waals surface area contributed by atoms with Gasteiger partial charge in [0.25, 0.3) is 0 Å². The van der Waals surface area contributed by atoms with Crippen LogP contribution in [-0.2, 0) is 16.4 Å². The van der Waals surface area contributed by atoms with Crippen LogP contribution in [0.4, 0.5) is 4.79 Å². The van der Waals surface area contributed by atoms with E-state index in [1.807, 2.05) is 24.6 Å². The molecule has 0 spiro atoms. The third-order valence-electron chi connectivity index (χ3n) is 4.08. The molecule has 8 heteroatoms. The first-order valence-corrected chi connectivity index (χ1v) is 9.80. The SMILES string of the molecule is Cc1cc(C)n(C[C@H](C)CNC(=O)NC[C@H]2CCS(=O)(=O)C2)n1. The molecule has 7 nitrogen and oxygen atoms in total. The number of aryl methyl sites for hydroxylation is 2. The number of aromatic nitrogens is 2. The second kappa shape index (κ2) is 7.33. The van der Waals surface area contributed by atoms with Crippen molar-refractivity contribution in [2.45, 2.75) is 33.7 Å². The van der Waals surface area contributed by atoms with Gasteiger partial charge in [0.2, 0.25) is 0 Å². The summed E-state index contributed by atoms with van der Waals surface area (Å²) in [5.74, 6) is 0.714. The molecule has 1 aromatic rings. The lowest BCUT2D eigenvalue weighted by atomic mass is 10.1. The minimum atomic E-state index is -2.89. The molecule has 1 fully saturated rings. The Morgan fingerprint density at radius 2 is 2.17 bits per heavy atom. The Labute approximate surface area is 137 Å². The maximum absolute atomic E-state index is 11.8. The Morgan fingerprint density at radius 1 is 1.43 bits per heavy atom. The molecule has 0 radical (unpaired) electrons. The summed E-state index contributed by atoms with van der Waals surface area (Å²) in [5, 5.41) is 10.0. The van der Waals surface area contributed by atoms with Gasteiger partial charge in [0.15, 0.2) is 9.84 Å². The minimum absolute atomic E-state index is 0.0397. The van der Waals surface area contributed by atoms with Gasteiger partial charge in [0.1, 0.15) is 0 Å². The summed E-state index contributed by atoms with van der Waals surface area (Å²) in [7, 11) is -2.89. The Morgan fingerprint density at radius 3 is 2.74 bits per heavy atom. The zero-order valence-electron chi connectivity index (χ0n) is 14.0. The first-order valence-electron chi connectivity index (χ1n) is 7.98. The molecule has 1 saturated heterocycles. The van der Waals surface area contributed by atoms with Gasteiger partial charge in [-0.2, -0.15) is 5.10 Å². The zero-order valence-corrected chi connectivity index (χ0v) is 14.8. The topological polar surface area (TPSA) is 93.1 Å². The monoisotopic (exact) mass is 342 g/mol. The van der Waals surface area contributed by atoms with Crippen molar-refractivity contribution in [1.29, 1.82) is 0 Å². The minimum Gasteiger partial charge on any atom is -0.338 e. The molecule has 2 N–H and O–H groups in total. The van der Waals surface area contributed by atoms with Gasteiger partial charge >= 0.3 is 6.03 Å². The Hall–Kier alpha value is -1.57. The second-order valence-electron chi connectivity index (χ2n) is 6.57. The standard InChI is InChI=1S/C15H26N4O3S/c1-11(9-19-13(3)6-12(2)18-19)7-16-15(20)17-8-14-4-5-23(21,22)10-14/h6,11,14H,4-5,7-10H2,1-3H3,(H2,16,17,20)/t11-,14-/m1/s1. The molecule has 23 heavy (non-hydrogen) atoms. The van der Waals surface area contributed by atoms with E-state index < -0.39 is 9.84 Å². The first-order chi connectivity index (χ1) is 10.7. The number of urea groups is 1. The summed E-state index contributed by atoms with van der Waals surface area (Å²) in [5.41, 5.74) is 2.10. The fourth-order valence-electron chi connectivity index (χ4n) is 2.82. The third-order valence-corrected chi connectivity index (χ3v) is 5.91.